The van der Waals surface area contributed by atoms with Crippen LogP contribution in [0.25, 0.3) is 0 Å². The van der Waals surface area contributed by atoms with Gasteiger partial charge in [0.15, 0.2) is 0 Å². The van der Waals surface area contributed by atoms with Gasteiger partial charge in [0.1, 0.15) is 5.82 Å². The summed E-state index contributed by atoms with van der Waals surface area (Å²) < 4.78 is 14.2. The highest BCUT2D eigenvalue weighted by molar-refractivity contribution is 9.10. The van der Waals surface area contributed by atoms with Crippen LogP contribution in [-0.2, 0) is 0 Å². The Balaban J connectivity index is 3.43. The summed E-state index contributed by atoms with van der Waals surface area (Å²) in [4.78, 5) is 0. The Labute approximate surface area is 92.2 Å². The Kier molecular flexibility index (Phi) is 3.20. The maximum Gasteiger partial charge on any atom is 0.138 e. The minimum atomic E-state index is -1.69. The van der Waals surface area contributed by atoms with E-state index < -0.39 is 8.07 Å². The number of hydrogen-bond acceptors (Lipinski definition) is 0. The summed E-state index contributed by atoms with van der Waals surface area (Å²) in [5, 5.41) is 1.24. The molecule has 0 radical (unpaired) electrons. The minimum Gasteiger partial charge on any atom is -0.206 e. The summed E-state index contributed by atoms with van der Waals surface area (Å²) in [5.41, 5.74) is 0. The standard InChI is InChI=1S/C9H11BrClFSi/c1-13(2,3)9-7(11)5-4-6(10)8(9)12/h4-5H,1-3H3. The second-order valence-corrected chi connectivity index (χ2v) is 10.2. The minimum absolute atomic E-state index is 0.202. The molecule has 1 aromatic carbocycles. The average molecular weight is 282 g/mol. The van der Waals surface area contributed by atoms with Gasteiger partial charge >= 0.3 is 0 Å². The molecule has 4 heteroatoms. The van der Waals surface area contributed by atoms with Gasteiger partial charge in [-0.1, -0.05) is 31.2 Å². The van der Waals surface area contributed by atoms with Crippen molar-refractivity contribution in [3.05, 3.63) is 27.4 Å². The van der Waals surface area contributed by atoms with Crippen LogP contribution >= 0.6 is 27.5 Å². The van der Waals surface area contributed by atoms with Gasteiger partial charge in [0.25, 0.3) is 0 Å². The van der Waals surface area contributed by atoms with E-state index in [4.69, 9.17) is 11.6 Å². The molecule has 0 aliphatic heterocycles. The van der Waals surface area contributed by atoms with E-state index in [-0.39, 0.29) is 5.82 Å². The predicted molar refractivity (Wildman–Crippen MR) is 62.1 cm³/mol. The van der Waals surface area contributed by atoms with Crippen molar-refractivity contribution in [2.75, 3.05) is 0 Å². The number of halogens is 3. The molecule has 1 rings (SSSR count). The SMILES string of the molecule is C[Si](C)(C)c1c(Cl)ccc(Br)c1F. The number of benzene rings is 1. The van der Waals surface area contributed by atoms with Crippen LogP contribution in [0.15, 0.2) is 16.6 Å². The molecule has 0 atom stereocenters. The second-order valence-electron chi connectivity index (χ2n) is 3.97. The van der Waals surface area contributed by atoms with Crippen LogP contribution in [0.1, 0.15) is 0 Å². The fourth-order valence-corrected chi connectivity index (χ4v) is 4.32. The van der Waals surface area contributed by atoms with Gasteiger partial charge in [0.05, 0.1) is 12.5 Å². The number of hydrogen-bond donors (Lipinski definition) is 0. The summed E-state index contributed by atoms with van der Waals surface area (Å²) in [6.45, 7) is 6.22. The Morgan fingerprint density at radius 1 is 1.31 bits per heavy atom. The third-order valence-corrected chi connectivity index (χ3v) is 4.87. The Hall–Kier alpha value is 0.137. The van der Waals surface area contributed by atoms with Crippen molar-refractivity contribution in [3.8, 4) is 0 Å². The van der Waals surface area contributed by atoms with Crippen molar-refractivity contribution >= 4 is 40.8 Å². The molecule has 72 valence electrons. The quantitative estimate of drug-likeness (QED) is 0.543. The van der Waals surface area contributed by atoms with E-state index in [9.17, 15) is 4.39 Å². The smallest absolute Gasteiger partial charge is 0.138 e. The molecule has 0 N–H and O–H groups in total. The van der Waals surface area contributed by atoms with Crippen LogP contribution < -0.4 is 5.19 Å². The average Bonchev–Trinajstić information content (AvgIpc) is 1.95. The summed E-state index contributed by atoms with van der Waals surface area (Å²) >= 11 is 9.12. The molecule has 1 aromatic rings. The first-order valence-electron chi connectivity index (χ1n) is 3.98. The molecule has 0 saturated carbocycles. The monoisotopic (exact) mass is 280 g/mol. The van der Waals surface area contributed by atoms with E-state index in [1.54, 1.807) is 12.1 Å². The number of rotatable bonds is 1. The lowest BCUT2D eigenvalue weighted by Crippen LogP contribution is -2.41. The summed E-state index contributed by atoms with van der Waals surface area (Å²) in [5.74, 6) is -0.202. The lowest BCUT2D eigenvalue weighted by atomic mass is 10.3. The molecule has 0 spiro atoms. The lowest BCUT2D eigenvalue weighted by molar-refractivity contribution is 0.628. The van der Waals surface area contributed by atoms with Gasteiger partial charge in [-0.3, -0.25) is 0 Å². The lowest BCUT2D eigenvalue weighted by Gasteiger charge is -2.19. The first kappa shape index (κ1) is 11.2. The van der Waals surface area contributed by atoms with Crippen LogP contribution in [0.4, 0.5) is 4.39 Å². The zero-order valence-corrected chi connectivity index (χ0v) is 11.1. The van der Waals surface area contributed by atoms with Crippen LogP contribution in [-0.4, -0.2) is 8.07 Å². The maximum absolute atomic E-state index is 13.7. The molecule has 0 fully saturated rings. The summed E-state index contributed by atoms with van der Waals surface area (Å²) in [7, 11) is -1.69. The predicted octanol–water partition coefficient (Wildman–Crippen LogP) is 3.79. The Morgan fingerprint density at radius 2 is 1.85 bits per heavy atom. The third kappa shape index (κ3) is 2.33. The molecular weight excluding hydrogens is 271 g/mol. The van der Waals surface area contributed by atoms with E-state index in [2.05, 4.69) is 35.6 Å². The molecule has 0 aliphatic rings. The highest BCUT2D eigenvalue weighted by atomic mass is 79.9. The molecule has 0 nitrogen and oxygen atoms in total. The van der Waals surface area contributed by atoms with Crippen molar-refractivity contribution in [1.82, 2.24) is 0 Å². The molecule has 0 aromatic heterocycles. The van der Waals surface area contributed by atoms with Gasteiger partial charge in [-0.25, -0.2) is 4.39 Å². The molecule has 13 heavy (non-hydrogen) atoms. The first-order valence-corrected chi connectivity index (χ1v) is 8.65. The third-order valence-electron chi connectivity index (χ3n) is 1.79. The molecule has 0 heterocycles. The van der Waals surface area contributed by atoms with Crippen molar-refractivity contribution in [3.63, 3.8) is 0 Å². The van der Waals surface area contributed by atoms with Crippen molar-refractivity contribution in [2.24, 2.45) is 0 Å². The van der Waals surface area contributed by atoms with Crippen LogP contribution in [0.5, 0.6) is 0 Å². The van der Waals surface area contributed by atoms with Gasteiger partial charge in [-0.15, -0.1) is 0 Å². The highest BCUT2D eigenvalue weighted by Gasteiger charge is 2.25. The molecule has 0 saturated heterocycles. The zero-order valence-electron chi connectivity index (χ0n) is 7.79. The van der Waals surface area contributed by atoms with Gasteiger partial charge in [0.2, 0.25) is 0 Å². The van der Waals surface area contributed by atoms with Crippen LogP contribution in [0.3, 0.4) is 0 Å². The topological polar surface area (TPSA) is 0 Å². The Bertz CT molecular complexity index is 333. The van der Waals surface area contributed by atoms with Crippen molar-refractivity contribution in [2.45, 2.75) is 19.6 Å². The van der Waals surface area contributed by atoms with Gasteiger partial charge in [-0.05, 0) is 33.2 Å². The molecule has 0 unspecified atom stereocenters. The Morgan fingerprint density at radius 3 is 2.23 bits per heavy atom. The van der Waals surface area contributed by atoms with Crippen LogP contribution in [0, 0.1) is 5.82 Å². The molecule has 0 amide bonds. The van der Waals surface area contributed by atoms with E-state index >= 15 is 0 Å². The zero-order chi connectivity index (χ0) is 10.2. The van der Waals surface area contributed by atoms with E-state index in [1.165, 1.54) is 0 Å². The molecule has 0 aliphatic carbocycles. The highest BCUT2D eigenvalue weighted by Crippen LogP contribution is 2.21. The second kappa shape index (κ2) is 3.71. The van der Waals surface area contributed by atoms with Gasteiger partial charge < -0.3 is 0 Å². The van der Waals surface area contributed by atoms with Crippen LogP contribution in [0.2, 0.25) is 24.7 Å². The van der Waals surface area contributed by atoms with E-state index in [0.29, 0.717) is 14.7 Å². The largest absolute Gasteiger partial charge is 0.206 e. The normalized spacial score (nSPS) is 11.8. The molecule has 0 bridgehead atoms. The maximum atomic E-state index is 13.7. The van der Waals surface area contributed by atoms with Gasteiger partial charge in [-0.2, -0.15) is 0 Å². The first-order chi connectivity index (χ1) is 5.84. The van der Waals surface area contributed by atoms with Crippen molar-refractivity contribution in [1.29, 1.82) is 0 Å². The fraction of sp³-hybridized carbons (Fsp3) is 0.333. The van der Waals surface area contributed by atoms with E-state index in [1.807, 2.05) is 0 Å². The van der Waals surface area contributed by atoms with Crippen molar-refractivity contribution < 1.29 is 4.39 Å². The molecular formula is C9H11BrClFSi. The van der Waals surface area contributed by atoms with Gasteiger partial charge in [0, 0.05) is 5.02 Å². The van der Waals surface area contributed by atoms with E-state index in [0.717, 1.165) is 0 Å². The summed E-state index contributed by atoms with van der Waals surface area (Å²) in [6.07, 6.45) is 0. The fourth-order valence-electron chi connectivity index (χ4n) is 1.21. The summed E-state index contributed by atoms with van der Waals surface area (Å²) in [6, 6.07) is 3.38.